The van der Waals surface area contributed by atoms with E-state index in [0.29, 0.717) is 5.57 Å². The molecular weight excluding hydrogens is 277 g/mol. The maximum Gasteiger partial charge on any atom is 0.123 e. The lowest BCUT2D eigenvalue weighted by Crippen LogP contribution is -2.17. The third-order valence-electron chi connectivity index (χ3n) is 3.17. The van der Waals surface area contributed by atoms with E-state index in [1.165, 1.54) is 12.1 Å². The molecule has 2 aromatic rings. The van der Waals surface area contributed by atoms with Gasteiger partial charge in [-0.15, -0.1) is 0 Å². The van der Waals surface area contributed by atoms with Crippen LogP contribution in [0.2, 0.25) is 0 Å². The van der Waals surface area contributed by atoms with Crippen molar-refractivity contribution in [1.82, 2.24) is 5.32 Å². The summed E-state index contributed by atoms with van der Waals surface area (Å²) in [5.74, 6) is -0.298. The van der Waals surface area contributed by atoms with Crippen molar-refractivity contribution in [1.29, 1.82) is 10.5 Å². The molecule has 2 rings (SSSR count). The Morgan fingerprint density at radius 3 is 2.27 bits per heavy atom. The molecule has 0 heterocycles. The molecule has 108 valence electrons. The van der Waals surface area contributed by atoms with Gasteiger partial charge >= 0.3 is 0 Å². The van der Waals surface area contributed by atoms with Crippen molar-refractivity contribution < 1.29 is 4.39 Å². The van der Waals surface area contributed by atoms with E-state index in [0.717, 1.165) is 11.1 Å². The van der Waals surface area contributed by atoms with Crippen LogP contribution in [0.4, 0.5) is 4.39 Å². The van der Waals surface area contributed by atoms with E-state index in [1.54, 1.807) is 18.3 Å². The number of benzene rings is 2. The zero-order chi connectivity index (χ0) is 15.8. The minimum atomic E-state index is -0.298. The molecule has 0 aromatic heterocycles. The molecular formula is C18H14FN3. The van der Waals surface area contributed by atoms with Gasteiger partial charge in [0.2, 0.25) is 0 Å². The Morgan fingerprint density at radius 2 is 1.68 bits per heavy atom. The van der Waals surface area contributed by atoms with Gasteiger partial charge in [-0.25, -0.2) is 4.39 Å². The predicted molar refractivity (Wildman–Crippen MR) is 81.7 cm³/mol. The highest BCUT2D eigenvalue weighted by Gasteiger charge is 2.12. The fraction of sp³-hybridized carbons (Fsp3) is 0.111. The molecule has 0 saturated heterocycles. The summed E-state index contributed by atoms with van der Waals surface area (Å²) in [6.07, 6.45) is 1.60. The summed E-state index contributed by atoms with van der Waals surface area (Å²) in [6, 6.07) is 19.6. The quantitative estimate of drug-likeness (QED) is 0.852. The second-order valence-corrected chi connectivity index (χ2v) is 4.68. The van der Waals surface area contributed by atoms with Gasteiger partial charge < -0.3 is 5.32 Å². The Labute approximate surface area is 128 Å². The van der Waals surface area contributed by atoms with Gasteiger partial charge in [-0.2, -0.15) is 10.5 Å². The largest absolute Gasteiger partial charge is 0.379 e. The van der Waals surface area contributed by atoms with E-state index in [4.69, 9.17) is 10.5 Å². The third-order valence-corrected chi connectivity index (χ3v) is 3.17. The van der Waals surface area contributed by atoms with Gasteiger partial charge in [0.25, 0.3) is 0 Å². The topological polar surface area (TPSA) is 59.6 Å². The second-order valence-electron chi connectivity index (χ2n) is 4.68. The zero-order valence-corrected chi connectivity index (χ0v) is 11.8. The van der Waals surface area contributed by atoms with Crippen molar-refractivity contribution in [2.75, 3.05) is 0 Å². The second kappa shape index (κ2) is 7.61. The standard InChI is InChI=1S/C18H14FN3/c19-17-8-6-16(7-9-17)18(15-4-2-1-3-5-15)22-13-14(12-21)10-11-20/h1-9,13,18,22H,10H2. The number of hydrogen-bond acceptors (Lipinski definition) is 3. The molecule has 1 N–H and O–H groups in total. The van der Waals surface area contributed by atoms with Crippen LogP contribution in [0.15, 0.2) is 66.4 Å². The van der Waals surface area contributed by atoms with Gasteiger partial charge in [0, 0.05) is 6.20 Å². The molecule has 2 aromatic carbocycles. The van der Waals surface area contributed by atoms with E-state index < -0.39 is 0 Å². The Morgan fingerprint density at radius 1 is 1.05 bits per heavy atom. The van der Waals surface area contributed by atoms with Crippen LogP contribution in [0.25, 0.3) is 0 Å². The summed E-state index contributed by atoms with van der Waals surface area (Å²) in [5.41, 5.74) is 2.21. The number of nitrogens with zero attached hydrogens (tertiary/aromatic N) is 2. The lowest BCUT2D eigenvalue weighted by molar-refractivity contribution is 0.624. The minimum Gasteiger partial charge on any atom is -0.379 e. The molecule has 0 aliphatic rings. The van der Waals surface area contributed by atoms with E-state index in [-0.39, 0.29) is 18.3 Å². The summed E-state index contributed by atoms with van der Waals surface area (Å²) in [7, 11) is 0. The van der Waals surface area contributed by atoms with Crippen molar-refractivity contribution in [2.45, 2.75) is 12.5 Å². The maximum absolute atomic E-state index is 13.1. The van der Waals surface area contributed by atoms with Crippen LogP contribution in [0.1, 0.15) is 23.6 Å². The normalized spacial score (nSPS) is 12.0. The van der Waals surface area contributed by atoms with E-state index >= 15 is 0 Å². The highest BCUT2D eigenvalue weighted by atomic mass is 19.1. The average molecular weight is 291 g/mol. The lowest BCUT2D eigenvalue weighted by atomic mass is 9.98. The maximum atomic E-state index is 13.1. The molecule has 0 aliphatic heterocycles. The Kier molecular flexibility index (Phi) is 5.29. The number of nitrogens with one attached hydrogen (secondary N) is 1. The lowest BCUT2D eigenvalue weighted by Gasteiger charge is -2.19. The predicted octanol–water partition coefficient (Wildman–Crippen LogP) is 3.83. The van der Waals surface area contributed by atoms with Crippen LogP contribution in [0.3, 0.4) is 0 Å². The minimum absolute atomic E-state index is 0.0500. The van der Waals surface area contributed by atoms with Gasteiger partial charge in [0.05, 0.1) is 30.2 Å². The van der Waals surface area contributed by atoms with Crippen LogP contribution in [-0.4, -0.2) is 0 Å². The van der Waals surface area contributed by atoms with Gasteiger partial charge in [-0.3, -0.25) is 0 Å². The molecule has 0 aliphatic carbocycles. The van der Waals surface area contributed by atoms with Crippen LogP contribution < -0.4 is 5.32 Å². The van der Waals surface area contributed by atoms with E-state index in [9.17, 15) is 4.39 Å². The summed E-state index contributed by atoms with van der Waals surface area (Å²) in [5, 5.41) is 20.8. The van der Waals surface area contributed by atoms with Crippen molar-refractivity contribution in [3.05, 3.63) is 83.3 Å². The molecule has 0 spiro atoms. The Hall–Kier alpha value is -3.11. The number of nitriles is 2. The monoisotopic (exact) mass is 291 g/mol. The molecule has 1 atom stereocenters. The number of halogens is 1. The fourth-order valence-corrected chi connectivity index (χ4v) is 2.08. The molecule has 22 heavy (non-hydrogen) atoms. The molecule has 4 heteroatoms. The van der Waals surface area contributed by atoms with Gasteiger partial charge in [0.1, 0.15) is 5.82 Å². The van der Waals surface area contributed by atoms with Gasteiger partial charge in [0.15, 0.2) is 0 Å². The number of hydrogen-bond donors (Lipinski definition) is 1. The van der Waals surface area contributed by atoms with Crippen LogP contribution in [0.5, 0.6) is 0 Å². The highest BCUT2D eigenvalue weighted by molar-refractivity contribution is 5.33. The number of allylic oxidation sites excluding steroid dienone is 1. The van der Waals surface area contributed by atoms with Crippen LogP contribution >= 0.6 is 0 Å². The molecule has 0 radical (unpaired) electrons. The summed E-state index contributed by atoms with van der Waals surface area (Å²) in [4.78, 5) is 0. The van der Waals surface area contributed by atoms with Crippen LogP contribution in [-0.2, 0) is 0 Å². The van der Waals surface area contributed by atoms with Gasteiger partial charge in [-0.1, -0.05) is 42.5 Å². The van der Waals surface area contributed by atoms with Crippen LogP contribution in [0, 0.1) is 28.5 Å². The fourth-order valence-electron chi connectivity index (χ4n) is 2.08. The first kappa shape index (κ1) is 15.3. The Balaban J connectivity index is 2.33. The molecule has 0 fully saturated rings. The van der Waals surface area contributed by atoms with Crippen molar-refractivity contribution in [3.63, 3.8) is 0 Å². The summed E-state index contributed by atoms with van der Waals surface area (Å²) in [6.45, 7) is 0. The average Bonchev–Trinajstić information content (AvgIpc) is 2.56. The third kappa shape index (κ3) is 3.94. The van der Waals surface area contributed by atoms with E-state index in [1.807, 2.05) is 42.5 Å². The first-order valence-electron chi connectivity index (χ1n) is 6.77. The summed E-state index contributed by atoms with van der Waals surface area (Å²) >= 11 is 0. The molecule has 0 bridgehead atoms. The molecule has 1 unspecified atom stereocenters. The first-order chi connectivity index (χ1) is 10.7. The van der Waals surface area contributed by atoms with Crippen molar-refractivity contribution in [3.8, 4) is 12.1 Å². The van der Waals surface area contributed by atoms with Crippen molar-refractivity contribution >= 4 is 0 Å². The zero-order valence-electron chi connectivity index (χ0n) is 11.8. The number of rotatable bonds is 5. The molecule has 0 amide bonds. The Bertz CT molecular complexity index is 722. The molecule has 3 nitrogen and oxygen atoms in total. The SMILES string of the molecule is N#CCC(C#N)=CNC(c1ccccc1)c1ccc(F)cc1. The van der Waals surface area contributed by atoms with Crippen molar-refractivity contribution in [2.24, 2.45) is 0 Å². The molecule has 0 saturated carbocycles. The summed E-state index contributed by atoms with van der Waals surface area (Å²) < 4.78 is 13.1. The van der Waals surface area contributed by atoms with E-state index in [2.05, 4.69) is 5.32 Å². The first-order valence-corrected chi connectivity index (χ1v) is 6.77. The highest BCUT2D eigenvalue weighted by Crippen LogP contribution is 2.22. The van der Waals surface area contributed by atoms with Gasteiger partial charge in [-0.05, 0) is 23.3 Å². The smallest absolute Gasteiger partial charge is 0.123 e.